The van der Waals surface area contributed by atoms with E-state index in [1.807, 2.05) is 0 Å². The maximum atomic E-state index is 12.3. The van der Waals surface area contributed by atoms with Crippen LogP contribution in [0.3, 0.4) is 0 Å². The molecule has 0 amide bonds. The molecule has 7 N–H and O–H groups in total. The summed E-state index contributed by atoms with van der Waals surface area (Å²) in [6.07, 6.45) is 3.10. The van der Waals surface area contributed by atoms with E-state index in [9.17, 15) is 15.0 Å². The number of aromatic nitrogens is 1. The van der Waals surface area contributed by atoms with E-state index in [2.05, 4.69) is 15.3 Å². The van der Waals surface area contributed by atoms with Crippen molar-refractivity contribution in [3.8, 4) is 0 Å². The minimum absolute atomic E-state index is 0.112. The van der Waals surface area contributed by atoms with Crippen molar-refractivity contribution in [2.45, 2.75) is 62.4 Å². The molecule has 1 aromatic heterocycles. The van der Waals surface area contributed by atoms with Gasteiger partial charge in [0.1, 0.15) is 42.7 Å². The lowest BCUT2D eigenvalue weighted by Crippen LogP contribution is -2.47. The Labute approximate surface area is 187 Å². The normalized spacial score (nSPS) is 33.6. The molecule has 3 heterocycles. The molecule has 0 aromatic carbocycles. The van der Waals surface area contributed by atoms with Gasteiger partial charge >= 0.3 is 5.97 Å². The van der Waals surface area contributed by atoms with Gasteiger partial charge in [-0.1, -0.05) is 12.8 Å². The molecule has 10 nitrogen and oxygen atoms in total. The first-order valence-electron chi connectivity index (χ1n) is 11.4. The maximum absolute atomic E-state index is 12.3. The molecule has 3 aliphatic rings. The Kier molecular flexibility index (Phi) is 6.94. The molecule has 1 aliphatic carbocycles. The van der Waals surface area contributed by atoms with Crippen molar-refractivity contribution in [3.63, 3.8) is 0 Å². The van der Waals surface area contributed by atoms with E-state index < -0.39 is 23.9 Å². The standard InChI is InChI=1S/C22H33N5O5/c23-12-26-21(24)15-5-6-17(27-15)22(14-7-8-25-10-14)20(30)19(29)16(32-22)11-31-18(28)9-13-3-1-2-4-13/h5-6,12-14,16,19-20,25,27,29-30H,1-4,7-11H2,(H3,23,24,26)/t14?,16-,19-,20-,22+/m1/s1. The number of hydrogen-bond acceptors (Lipinski definition) is 7. The lowest BCUT2D eigenvalue weighted by atomic mass is 9.79. The van der Waals surface area contributed by atoms with Gasteiger partial charge in [0.2, 0.25) is 0 Å². The van der Waals surface area contributed by atoms with Gasteiger partial charge in [-0.25, -0.2) is 4.99 Å². The average Bonchev–Trinajstić information content (AvgIpc) is 3.57. The first kappa shape index (κ1) is 22.9. The highest BCUT2D eigenvalue weighted by molar-refractivity contribution is 5.99. The van der Waals surface area contributed by atoms with Gasteiger partial charge in [0.05, 0.1) is 11.4 Å². The number of carbonyl (C=O) groups excluding carboxylic acids is 1. The van der Waals surface area contributed by atoms with Crippen LogP contribution in [0, 0.1) is 17.2 Å². The van der Waals surface area contributed by atoms with Gasteiger partial charge in [0.15, 0.2) is 0 Å². The molecule has 32 heavy (non-hydrogen) atoms. The second kappa shape index (κ2) is 9.70. The van der Waals surface area contributed by atoms with E-state index in [1.54, 1.807) is 12.1 Å². The van der Waals surface area contributed by atoms with Gasteiger partial charge in [-0.2, -0.15) is 0 Å². The number of aliphatic hydroxyl groups excluding tert-OH is 2. The molecule has 2 saturated heterocycles. The Hall–Kier alpha value is -2.27. The highest BCUT2D eigenvalue weighted by Gasteiger charge is 2.60. The van der Waals surface area contributed by atoms with Gasteiger partial charge in [-0.15, -0.1) is 0 Å². The molecule has 0 bridgehead atoms. The number of carbonyl (C=O) groups is 1. The molecule has 3 fully saturated rings. The number of rotatable bonds is 8. The highest BCUT2D eigenvalue weighted by atomic mass is 16.6. The van der Waals surface area contributed by atoms with E-state index in [0.717, 1.165) is 45.0 Å². The number of aliphatic imine (C=N–C) groups is 1. The van der Waals surface area contributed by atoms with Crippen molar-refractivity contribution in [2.75, 3.05) is 19.7 Å². The molecule has 176 valence electrons. The topological polar surface area (TPSA) is 166 Å². The fraction of sp³-hybridized carbons (Fsp3) is 0.682. The molecular weight excluding hydrogens is 414 g/mol. The van der Waals surface area contributed by atoms with Gasteiger partial charge in [-0.05, 0) is 43.9 Å². The van der Waals surface area contributed by atoms with Crippen LogP contribution in [0.25, 0.3) is 0 Å². The van der Waals surface area contributed by atoms with Crippen LogP contribution in [0.2, 0.25) is 0 Å². The molecular formula is C22H33N5O5. The fourth-order valence-electron chi connectivity index (χ4n) is 5.38. The predicted molar refractivity (Wildman–Crippen MR) is 117 cm³/mol. The minimum atomic E-state index is -1.22. The molecule has 0 spiro atoms. The van der Waals surface area contributed by atoms with Crippen LogP contribution in [-0.2, 0) is 19.9 Å². The smallest absolute Gasteiger partial charge is 0.306 e. The molecule has 1 saturated carbocycles. The second-order valence-electron chi connectivity index (χ2n) is 9.04. The van der Waals surface area contributed by atoms with E-state index in [-0.39, 0.29) is 24.3 Å². The minimum Gasteiger partial charge on any atom is -0.463 e. The molecule has 2 aliphatic heterocycles. The summed E-state index contributed by atoms with van der Waals surface area (Å²) in [5.74, 6) is 0.103. The number of aromatic amines is 1. The lowest BCUT2D eigenvalue weighted by Gasteiger charge is -2.36. The summed E-state index contributed by atoms with van der Waals surface area (Å²) in [4.78, 5) is 19.2. The number of hydrogen-bond donors (Lipinski definition) is 6. The van der Waals surface area contributed by atoms with E-state index in [4.69, 9.17) is 20.6 Å². The van der Waals surface area contributed by atoms with Crippen molar-refractivity contribution in [3.05, 3.63) is 23.5 Å². The summed E-state index contributed by atoms with van der Waals surface area (Å²) in [5.41, 5.74) is 5.74. The number of nitrogens with one attached hydrogen (secondary N) is 3. The number of amidine groups is 1. The Bertz CT molecular complexity index is 846. The highest BCUT2D eigenvalue weighted by Crippen LogP contribution is 2.47. The fourth-order valence-corrected chi connectivity index (χ4v) is 5.38. The third-order valence-electron chi connectivity index (χ3n) is 7.08. The van der Waals surface area contributed by atoms with E-state index >= 15 is 0 Å². The molecule has 4 rings (SSSR count). The van der Waals surface area contributed by atoms with E-state index in [1.165, 1.54) is 0 Å². The van der Waals surface area contributed by atoms with Crippen molar-refractivity contribution in [1.29, 1.82) is 5.41 Å². The average molecular weight is 448 g/mol. The van der Waals surface area contributed by atoms with E-state index in [0.29, 0.717) is 30.3 Å². The molecule has 5 atom stereocenters. The summed E-state index contributed by atoms with van der Waals surface area (Å²) < 4.78 is 11.8. The van der Waals surface area contributed by atoms with Crippen molar-refractivity contribution < 1.29 is 24.5 Å². The molecule has 1 unspecified atom stereocenters. The third kappa shape index (κ3) is 4.32. The summed E-state index contributed by atoms with van der Waals surface area (Å²) in [7, 11) is 0. The molecule has 1 aromatic rings. The van der Waals surface area contributed by atoms with Gasteiger partial charge < -0.3 is 35.7 Å². The number of nitrogens with two attached hydrogens (primary N) is 1. The predicted octanol–water partition coefficient (Wildman–Crippen LogP) is 0.376. The Morgan fingerprint density at radius 1 is 1.34 bits per heavy atom. The quantitative estimate of drug-likeness (QED) is 0.190. The second-order valence-corrected chi connectivity index (χ2v) is 9.04. The zero-order valence-electron chi connectivity index (χ0n) is 18.1. The molecule has 10 heteroatoms. The zero-order valence-corrected chi connectivity index (χ0v) is 18.1. The van der Waals surface area contributed by atoms with Crippen LogP contribution < -0.4 is 11.1 Å². The van der Waals surface area contributed by atoms with Crippen LogP contribution >= 0.6 is 0 Å². The third-order valence-corrected chi connectivity index (χ3v) is 7.08. The number of nitrogens with zero attached hydrogens (tertiary/aromatic N) is 1. The lowest BCUT2D eigenvalue weighted by molar-refractivity contribution is -0.158. The van der Waals surface area contributed by atoms with Crippen molar-refractivity contribution >= 4 is 18.1 Å². The zero-order chi connectivity index (χ0) is 22.7. The summed E-state index contributed by atoms with van der Waals surface area (Å²) in [6, 6.07) is 3.46. The SMILES string of the molecule is N=CN=C(N)c1ccc([C@]2(C3CCNC3)O[C@H](COC(=O)CC3CCCC3)[C@@H](O)[C@H]2O)[nH]1. The Balaban J connectivity index is 1.52. The Morgan fingerprint density at radius 2 is 2.12 bits per heavy atom. The van der Waals surface area contributed by atoms with Crippen LogP contribution in [0.15, 0.2) is 17.1 Å². The molecule has 0 radical (unpaired) electrons. The number of esters is 1. The van der Waals surface area contributed by atoms with Crippen LogP contribution in [0.1, 0.15) is 49.9 Å². The van der Waals surface area contributed by atoms with Crippen LogP contribution in [-0.4, -0.2) is 71.3 Å². The maximum Gasteiger partial charge on any atom is 0.306 e. The largest absolute Gasteiger partial charge is 0.463 e. The number of aliphatic hydroxyl groups is 2. The monoisotopic (exact) mass is 447 g/mol. The van der Waals surface area contributed by atoms with Gasteiger partial charge in [-0.3, -0.25) is 10.2 Å². The van der Waals surface area contributed by atoms with Crippen LogP contribution in [0.4, 0.5) is 0 Å². The van der Waals surface area contributed by atoms with Gasteiger partial charge in [0, 0.05) is 18.9 Å². The van der Waals surface area contributed by atoms with Crippen LogP contribution in [0.5, 0.6) is 0 Å². The first-order valence-corrected chi connectivity index (χ1v) is 11.4. The Morgan fingerprint density at radius 3 is 2.81 bits per heavy atom. The number of ether oxygens (including phenoxy) is 2. The first-order chi connectivity index (χ1) is 15.5. The number of H-pyrrole nitrogens is 1. The summed E-state index contributed by atoms with van der Waals surface area (Å²) in [6.45, 7) is 1.26. The summed E-state index contributed by atoms with van der Waals surface area (Å²) in [5, 5.41) is 32.4. The summed E-state index contributed by atoms with van der Waals surface area (Å²) >= 11 is 0. The van der Waals surface area contributed by atoms with Crippen molar-refractivity contribution in [2.24, 2.45) is 22.6 Å². The van der Waals surface area contributed by atoms with Crippen molar-refractivity contribution in [1.82, 2.24) is 10.3 Å². The van der Waals surface area contributed by atoms with Gasteiger partial charge in [0.25, 0.3) is 0 Å².